The van der Waals surface area contributed by atoms with Gasteiger partial charge in [-0.2, -0.15) is 0 Å². The average Bonchev–Trinajstić information content (AvgIpc) is 2.37. The highest BCUT2D eigenvalue weighted by Gasteiger charge is 2.23. The molecule has 0 saturated heterocycles. The number of hydrogen-bond acceptors (Lipinski definition) is 2. The zero-order valence-electron chi connectivity index (χ0n) is 10.2. The van der Waals surface area contributed by atoms with Crippen molar-refractivity contribution < 1.29 is 4.39 Å². The van der Waals surface area contributed by atoms with Crippen LogP contribution in [0.15, 0.2) is 24.3 Å². The third-order valence-electron chi connectivity index (χ3n) is 3.67. The molecule has 0 amide bonds. The van der Waals surface area contributed by atoms with Crippen molar-refractivity contribution >= 4 is 0 Å². The summed E-state index contributed by atoms with van der Waals surface area (Å²) in [6.45, 7) is 1.49. The summed E-state index contributed by atoms with van der Waals surface area (Å²) >= 11 is 0. The summed E-state index contributed by atoms with van der Waals surface area (Å²) in [5.74, 6) is 0.417. The van der Waals surface area contributed by atoms with E-state index in [0.717, 1.165) is 18.7 Å². The SMILES string of the molecule is NCC1CCCCC1NCc1cccc(F)c1. The Morgan fingerprint density at radius 1 is 1.29 bits per heavy atom. The highest BCUT2D eigenvalue weighted by Crippen LogP contribution is 2.23. The first-order valence-electron chi connectivity index (χ1n) is 6.47. The van der Waals surface area contributed by atoms with Crippen molar-refractivity contribution in [3.63, 3.8) is 0 Å². The van der Waals surface area contributed by atoms with E-state index in [4.69, 9.17) is 5.73 Å². The molecule has 1 aromatic rings. The molecule has 1 fully saturated rings. The van der Waals surface area contributed by atoms with E-state index in [0.29, 0.717) is 12.0 Å². The second kappa shape index (κ2) is 6.12. The molecule has 0 aromatic heterocycles. The molecule has 1 aliphatic rings. The summed E-state index contributed by atoms with van der Waals surface area (Å²) in [6.07, 6.45) is 4.98. The number of rotatable bonds is 4. The van der Waals surface area contributed by atoms with Crippen LogP contribution in [0.2, 0.25) is 0 Å². The summed E-state index contributed by atoms with van der Waals surface area (Å²) in [5.41, 5.74) is 6.79. The van der Waals surface area contributed by atoms with Crippen LogP contribution in [0, 0.1) is 11.7 Å². The van der Waals surface area contributed by atoms with Gasteiger partial charge in [0.25, 0.3) is 0 Å². The van der Waals surface area contributed by atoms with Gasteiger partial charge in [-0.25, -0.2) is 4.39 Å². The van der Waals surface area contributed by atoms with Crippen molar-refractivity contribution in [2.45, 2.75) is 38.3 Å². The zero-order chi connectivity index (χ0) is 12.1. The van der Waals surface area contributed by atoms with Crippen LogP contribution in [0.4, 0.5) is 4.39 Å². The fourth-order valence-corrected chi connectivity index (χ4v) is 2.65. The maximum absolute atomic E-state index is 13.0. The maximum Gasteiger partial charge on any atom is 0.123 e. The monoisotopic (exact) mass is 236 g/mol. The minimum atomic E-state index is -0.164. The first kappa shape index (κ1) is 12.5. The molecular weight excluding hydrogens is 215 g/mol. The molecule has 0 aliphatic heterocycles. The van der Waals surface area contributed by atoms with E-state index < -0.39 is 0 Å². The molecule has 3 heteroatoms. The lowest BCUT2D eigenvalue weighted by atomic mass is 9.84. The van der Waals surface area contributed by atoms with Crippen LogP contribution in [0.3, 0.4) is 0 Å². The molecule has 0 bridgehead atoms. The van der Waals surface area contributed by atoms with Gasteiger partial charge in [-0.15, -0.1) is 0 Å². The number of nitrogens with two attached hydrogens (primary N) is 1. The Morgan fingerprint density at radius 2 is 2.12 bits per heavy atom. The van der Waals surface area contributed by atoms with Crippen LogP contribution in [-0.2, 0) is 6.54 Å². The van der Waals surface area contributed by atoms with E-state index in [1.165, 1.54) is 31.7 Å². The van der Waals surface area contributed by atoms with Gasteiger partial charge < -0.3 is 11.1 Å². The summed E-state index contributed by atoms with van der Waals surface area (Å²) < 4.78 is 13.0. The van der Waals surface area contributed by atoms with Gasteiger partial charge in [0, 0.05) is 12.6 Å². The Balaban J connectivity index is 1.88. The first-order chi connectivity index (χ1) is 8.29. The Kier molecular flexibility index (Phi) is 4.51. The van der Waals surface area contributed by atoms with Gasteiger partial charge in [-0.3, -0.25) is 0 Å². The van der Waals surface area contributed by atoms with E-state index >= 15 is 0 Å². The summed E-state index contributed by atoms with van der Waals surface area (Å²) in [7, 11) is 0. The van der Waals surface area contributed by atoms with Crippen LogP contribution >= 0.6 is 0 Å². The predicted octanol–water partition coefficient (Wildman–Crippen LogP) is 2.43. The molecule has 2 unspecified atom stereocenters. The zero-order valence-corrected chi connectivity index (χ0v) is 10.2. The quantitative estimate of drug-likeness (QED) is 0.842. The van der Waals surface area contributed by atoms with Crippen molar-refractivity contribution in [3.05, 3.63) is 35.6 Å². The number of hydrogen-bond donors (Lipinski definition) is 2. The Labute approximate surface area is 102 Å². The smallest absolute Gasteiger partial charge is 0.123 e. The minimum absolute atomic E-state index is 0.164. The topological polar surface area (TPSA) is 38.0 Å². The lowest BCUT2D eigenvalue weighted by Gasteiger charge is -2.31. The van der Waals surface area contributed by atoms with Crippen LogP contribution < -0.4 is 11.1 Å². The van der Waals surface area contributed by atoms with Crippen LogP contribution in [0.1, 0.15) is 31.2 Å². The fraction of sp³-hybridized carbons (Fsp3) is 0.571. The molecule has 1 aromatic carbocycles. The number of nitrogens with one attached hydrogen (secondary N) is 1. The normalized spacial score (nSPS) is 24.8. The van der Waals surface area contributed by atoms with Gasteiger partial charge >= 0.3 is 0 Å². The van der Waals surface area contributed by atoms with Gasteiger partial charge in [0.15, 0.2) is 0 Å². The standard InChI is InChI=1S/C14H21FN2/c15-13-6-3-4-11(8-13)10-17-14-7-2-1-5-12(14)9-16/h3-4,6,8,12,14,17H,1-2,5,7,9-10,16H2. The van der Waals surface area contributed by atoms with Gasteiger partial charge in [0.2, 0.25) is 0 Å². The Bertz CT molecular complexity index is 354. The molecule has 1 aliphatic carbocycles. The molecule has 0 heterocycles. The molecule has 3 N–H and O–H groups in total. The third-order valence-corrected chi connectivity index (χ3v) is 3.67. The summed E-state index contributed by atoms with van der Waals surface area (Å²) in [5, 5.41) is 3.52. The maximum atomic E-state index is 13.0. The summed E-state index contributed by atoms with van der Waals surface area (Å²) in [6, 6.07) is 7.28. The second-order valence-electron chi connectivity index (χ2n) is 4.90. The highest BCUT2D eigenvalue weighted by molar-refractivity contribution is 5.16. The average molecular weight is 236 g/mol. The van der Waals surface area contributed by atoms with Crippen LogP contribution in [0.5, 0.6) is 0 Å². The largest absolute Gasteiger partial charge is 0.330 e. The molecule has 1 saturated carbocycles. The molecule has 0 radical (unpaired) electrons. The van der Waals surface area contributed by atoms with E-state index in [2.05, 4.69) is 5.32 Å². The van der Waals surface area contributed by atoms with Gasteiger partial charge in [0.1, 0.15) is 5.82 Å². The van der Waals surface area contributed by atoms with E-state index in [1.54, 1.807) is 12.1 Å². The van der Waals surface area contributed by atoms with E-state index in [1.807, 2.05) is 6.07 Å². The fourth-order valence-electron chi connectivity index (χ4n) is 2.65. The molecule has 17 heavy (non-hydrogen) atoms. The Morgan fingerprint density at radius 3 is 2.88 bits per heavy atom. The van der Waals surface area contributed by atoms with Gasteiger partial charge in [0.05, 0.1) is 0 Å². The van der Waals surface area contributed by atoms with Gasteiger partial charge in [-0.05, 0) is 43.0 Å². The minimum Gasteiger partial charge on any atom is -0.330 e. The first-order valence-corrected chi connectivity index (χ1v) is 6.47. The van der Waals surface area contributed by atoms with Crippen molar-refractivity contribution in [2.24, 2.45) is 11.7 Å². The van der Waals surface area contributed by atoms with Crippen molar-refractivity contribution in [1.82, 2.24) is 5.32 Å². The lowest BCUT2D eigenvalue weighted by molar-refractivity contribution is 0.267. The second-order valence-corrected chi connectivity index (χ2v) is 4.90. The van der Waals surface area contributed by atoms with Crippen molar-refractivity contribution in [3.8, 4) is 0 Å². The van der Waals surface area contributed by atoms with E-state index in [9.17, 15) is 4.39 Å². The molecule has 2 atom stereocenters. The third kappa shape index (κ3) is 3.51. The molecule has 94 valence electrons. The molecular formula is C14H21FN2. The van der Waals surface area contributed by atoms with Crippen molar-refractivity contribution in [2.75, 3.05) is 6.54 Å². The molecule has 2 nitrogen and oxygen atoms in total. The van der Waals surface area contributed by atoms with E-state index in [-0.39, 0.29) is 5.82 Å². The highest BCUT2D eigenvalue weighted by atomic mass is 19.1. The Hall–Kier alpha value is -0.930. The predicted molar refractivity (Wildman–Crippen MR) is 68.0 cm³/mol. The molecule has 0 spiro atoms. The summed E-state index contributed by atoms with van der Waals surface area (Å²) in [4.78, 5) is 0. The molecule has 2 rings (SSSR count). The number of benzene rings is 1. The van der Waals surface area contributed by atoms with Crippen molar-refractivity contribution in [1.29, 1.82) is 0 Å². The lowest BCUT2D eigenvalue weighted by Crippen LogP contribution is -2.41. The number of halogens is 1. The van der Waals surface area contributed by atoms with Gasteiger partial charge in [-0.1, -0.05) is 25.0 Å². The van der Waals surface area contributed by atoms with Crippen LogP contribution in [0.25, 0.3) is 0 Å². The van der Waals surface area contributed by atoms with Crippen LogP contribution in [-0.4, -0.2) is 12.6 Å².